The molecule has 0 saturated heterocycles. The lowest BCUT2D eigenvalue weighted by atomic mass is 10.2. The number of hydrogen-bond donors (Lipinski definition) is 1. The number of nitrogens with one attached hydrogen (secondary N) is 1. The average molecular weight is 354 g/mol. The Balaban J connectivity index is 1.48. The lowest BCUT2D eigenvalue weighted by molar-refractivity contribution is 0.102. The summed E-state index contributed by atoms with van der Waals surface area (Å²) in [6.07, 6.45) is 1.51. The lowest BCUT2D eigenvalue weighted by Gasteiger charge is -2.04. The molecular formula is C15H10N6OS2. The maximum atomic E-state index is 12.3. The van der Waals surface area contributed by atoms with Gasteiger partial charge in [0.15, 0.2) is 0 Å². The van der Waals surface area contributed by atoms with Crippen LogP contribution in [0.1, 0.15) is 10.5 Å². The van der Waals surface area contributed by atoms with Crippen LogP contribution in [-0.2, 0) is 0 Å². The van der Waals surface area contributed by atoms with Crippen molar-refractivity contribution in [3.8, 4) is 15.6 Å². The smallest absolute Gasteiger partial charge is 0.275 e. The molecule has 3 heterocycles. The normalized spacial score (nSPS) is 10.7. The Bertz CT molecular complexity index is 944. The predicted molar refractivity (Wildman–Crippen MR) is 92.5 cm³/mol. The number of thiazole rings is 1. The van der Waals surface area contributed by atoms with Gasteiger partial charge >= 0.3 is 0 Å². The molecule has 7 nitrogen and oxygen atoms in total. The summed E-state index contributed by atoms with van der Waals surface area (Å²) in [6.45, 7) is 0. The van der Waals surface area contributed by atoms with E-state index in [2.05, 4.69) is 25.8 Å². The van der Waals surface area contributed by atoms with E-state index in [4.69, 9.17) is 0 Å². The number of nitrogens with zero attached hydrogens (tertiary/aromatic N) is 5. The van der Waals surface area contributed by atoms with Crippen molar-refractivity contribution in [2.45, 2.75) is 0 Å². The highest BCUT2D eigenvalue weighted by Crippen LogP contribution is 2.28. The van der Waals surface area contributed by atoms with Gasteiger partial charge in [0.25, 0.3) is 5.91 Å². The summed E-state index contributed by atoms with van der Waals surface area (Å²) < 4.78 is 1.54. The first-order valence-corrected chi connectivity index (χ1v) is 8.70. The number of anilines is 1. The molecule has 1 aromatic carbocycles. The number of hydrogen-bond acceptors (Lipinski definition) is 7. The Morgan fingerprint density at radius 1 is 1.12 bits per heavy atom. The SMILES string of the molecule is O=C(Nc1ccc(-n2cnnn2)cc1)c1csc(-c2cccs2)n1. The minimum atomic E-state index is -0.232. The number of aromatic nitrogens is 5. The molecule has 0 unspecified atom stereocenters. The summed E-state index contributed by atoms with van der Waals surface area (Å²) in [7, 11) is 0. The van der Waals surface area contributed by atoms with Gasteiger partial charge in [0, 0.05) is 11.1 Å². The van der Waals surface area contributed by atoms with Gasteiger partial charge < -0.3 is 5.32 Å². The van der Waals surface area contributed by atoms with E-state index in [1.165, 1.54) is 17.7 Å². The molecule has 0 spiro atoms. The zero-order chi connectivity index (χ0) is 16.4. The highest BCUT2D eigenvalue weighted by Gasteiger charge is 2.12. The molecule has 0 radical (unpaired) electrons. The molecular weight excluding hydrogens is 344 g/mol. The van der Waals surface area contributed by atoms with Crippen LogP contribution in [0.25, 0.3) is 15.6 Å². The van der Waals surface area contributed by atoms with E-state index in [1.807, 2.05) is 29.6 Å². The average Bonchev–Trinajstić information content (AvgIpc) is 3.35. The van der Waals surface area contributed by atoms with Crippen molar-refractivity contribution in [1.82, 2.24) is 25.2 Å². The van der Waals surface area contributed by atoms with Crippen LogP contribution in [0.15, 0.2) is 53.5 Å². The third-order valence-corrected chi connectivity index (χ3v) is 5.09. The topological polar surface area (TPSA) is 85.6 Å². The standard InChI is InChI=1S/C15H10N6OS2/c22-14(12-8-24-15(18-12)13-2-1-7-23-13)17-10-3-5-11(6-4-10)21-9-16-19-20-21/h1-9H,(H,17,22). The van der Waals surface area contributed by atoms with Crippen LogP contribution in [0.3, 0.4) is 0 Å². The summed E-state index contributed by atoms with van der Waals surface area (Å²) >= 11 is 3.06. The van der Waals surface area contributed by atoms with Gasteiger partial charge in [-0.3, -0.25) is 4.79 Å². The monoisotopic (exact) mass is 354 g/mol. The largest absolute Gasteiger partial charge is 0.321 e. The van der Waals surface area contributed by atoms with Crippen molar-refractivity contribution in [3.63, 3.8) is 0 Å². The van der Waals surface area contributed by atoms with Gasteiger partial charge in [-0.25, -0.2) is 9.67 Å². The molecule has 9 heteroatoms. The third-order valence-electron chi connectivity index (χ3n) is 3.21. The van der Waals surface area contributed by atoms with E-state index in [0.717, 1.165) is 15.6 Å². The highest BCUT2D eigenvalue weighted by molar-refractivity contribution is 7.20. The first kappa shape index (κ1) is 14.7. The first-order valence-electron chi connectivity index (χ1n) is 6.94. The number of tetrazole rings is 1. The number of carbonyl (C=O) groups is 1. The van der Waals surface area contributed by atoms with E-state index in [9.17, 15) is 4.79 Å². The zero-order valence-corrected chi connectivity index (χ0v) is 13.8. The van der Waals surface area contributed by atoms with Gasteiger partial charge in [-0.05, 0) is 46.1 Å². The van der Waals surface area contributed by atoms with Crippen LogP contribution >= 0.6 is 22.7 Å². The van der Waals surface area contributed by atoms with Crippen molar-refractivity contribution >= 4 is 34.3 Å². The number of carbonyl (C=O) groups excluding carboxylic acids is 1. The van der Waals surface area contributed by atoms with Crippen molar-refractivity contribution in [1.29, 1.82) is 0 Å². The molecule has 3 aromatic heterocycles. The Morgan fingerprint density at radius 3 is 2.71 bits per heavy atom. The van der Waals surface area contributed by atoms with E-state index in [1.54, 1.807) is 33.5 Å². The van der Waals surface area contributed by atoms with Crippen molar-refractivity contribution < 1.29 is 4.79 Å². The molecule has 0 atom stereocenters. The fourth-order valence-corrected chi connectivity index (χ4v) is 3.68. The number of benzene rings is 1. The van der Waals surface area contributed by atoms with Crippen LogP contribution in [0.5, 0.6) is 0 Å². The molecule has 118 valence electrons. The van der Waals surface area contributed by atoms with Crippen molar-refractivity contribution in [2.24, 2.45) is 0 Å². The van der Waals surface area contributed by atoms with E-state index >= 15 is 0 Å². The minimum absolute atomic E-state index is 0.232. The molecule has 1 N–H and O–H groups in total. The molecule has 4 rings (SSSR count). The van der Waals surface area contributed by atoms with E-state index < -0.39 is 0 Å². The predicted octanol–water partition coefficient (Wildman–Crippen LogP) is 3.10. The van der Waals surface area contributed by atoms with Gasteiger partial charge in [0.2, 0.25) is 0 Å². The zero-order valence-electron chi connectivity index (χ0n) is 12.2. The molecule has 1 amide bonds. The van der Waals surface area contributed by atoms with Crippen LogP contribution in [0, 0.1) is 0 Å². The third kappa shape index (κ3) is 2.94. The van der Waals surface area contributed by atoms with E-state index in [-0.39, 0.29) is 5.91 Å². The Morgan fingerprint density at radius 2 is 2.00 bits per heavy atom. The lowest BCUT2D eigenvalue weighted by Crippen LogP contribution is -2.12. The first-order chi connectivity index (χ1) is 11.8. The van der Waals surface area contributed by atoms with Crippen LogP contribution in [-0.4, -0.2) is 31.1 Å². The summed E-state index contributed by atoms with van der Waals surface area (Å²) in [5, 5.41) is 18.4. The van der Waals surface area contributed by atoms with Gasteiger partial charge in [-0.15, -0.1) is 27.8 Å². The van der Waals surface area contributed by atoms with E-state index in [0.29, 0.717) is 11.4 Å². The fraction of sp³-hybridized carbons (Fsp3) is 0. The molecule has 4 aromatic rings. The highest BCUT2D eigenvalue weighted by atomic mass is 32.1. The summed E-state index contributed by atoms with van der Waals surface area (Å²) in [4.78, 5) is 17.8. The second-order valence-electron chi connectivity index (χ2n) is 4.77. The van der Waals surface area contributed by atoms with Crippen LogP contribution in [0.4, 0.5) is 5.69 Å². The van der Waals surface area contributed by atoms with Gasteiger partial charge in [0.1, 0.15) is 17.0 Å². The number of thiophene rings is 1. The van der Waals surface area contributed by atoms with Crippen LogP contribution < -0.4 is 5.32 Å². The van der Waals surface area contributed by atoms with Crippen molar-refractivity contribution in [2.75, 3.05) is 5.32 Å². The summed E-state index contributed by atoms with van der Waals surface area (Å²) in [5.74, 6) is -0.232. The second-order valence-corrected chi connectivity index (χ2v) is 6.58. The fourth-order valence-electron chi connectivity index (χ4n) is 2.06. The maximum absolute atomic E-state index is 12.3. The molecule has 0 bridgehead atoms. The van der Waals surface area contributed by atoms with Crippen molar-refractivity contribution in [3.05, 3.63) is 59.2 Å². The molecule has 0 aliphatic carbocycles. The second kappa shape index (κ2) is 6.30. The summed E-state index contributed by atoms with van der Waals surface area (Å²) in [5.41, 5.74) is 1.90. The Labute approximate surface area is 144 Å². The number of amides is 1. The molecule has 0 saturated carbocycles. The molecule has 0 aliphatic heterocycles. The molecule has 0 aliphatic rings. The molecule has 24 heavy (non-hydrogen) atoms. The number of rotatable bonds is 4. The quantitative estimate of drug-likeness (QED) is 0.609. The van der Waals surface area contributed by atoms with Gasteiger partial charge in [-0.1, -0.05) is 6.07 Å². The Kier molecular flexibility index (Phi) is 3.85. The molecule has 0 fully saturated rings. The van der Waals surface area contributed by atoms with Gasteiger partial charge in [-0.2, -0.15) is 0 Å². The Hall–Kier alpha value is -2.91. The maximum Gasteiger partial charge on any atom is 0.275 e. The van der Waals surface area contributed by atoms with Crippen LogP contribution in [0.2, 0.25) is 0 Å². The minimum Gasteiger partial charge on any atom is -0.321 e. The summed E-state index contributed by atoms with van der Waals surface area (Å²) in [6, 6.07) is 11.2. The van der Waals surface area contributed by atoms with Gasteiger partial charge in [0.05, 0.1) is 10.6 Å².